The summed E-state index contributed by atoms with van der Waals surface area (Å²) in [5.74, 6) is -0.170. The number of hydrogen-bond donors (Lipinski definition) is 0. The van der Waals surface area contributed by atoms with Crippen molar-refractivity contribution < 1.29 is 18.1 Å². The largest absolute Gasteiger partial charge is 0.340 e. The molecule has 1 aliphatic heterocycles. The van der Waals surface area contributed by atoms with Crippen molar-refractivity contribution in [3.63, 3.8) is 0 Å². The Morgan fingerprint density at radius 2 is 1.63 bits per heavy atom. The topological polar surface area (TPSA) is 106 Å². The number of amides is 1. The van der Waals surface area contributed by atoms with Crippen LogP contribution in [0.3, 0.4) is 0 Å². The molecule has 0 spiro atoms. The molecule has 2 aromatic carbocycles. The third-order valence-corrected chi connectivity index (χ3v) is 7.32. The minimum absolute atomic E-state index is 0.0735. The molecule has 30 heavy (non-hydrogen) atoms. The van der Waals surface area contributed by atoms with Gasteiger partial charge in [-0.25, -0.2) is 8.42 Å². The van der Waals surface area contributed by atoms with E-state index in [1.54, 1.807) is 4.90 Å². The van der Waals surface area contributed by atoms with Gasteiger partial charge in [0.15, 0.2) is 4.90 Å². The lowest BCUT2D eigenvalue weighted by Crippen LogP contribution is -2.50. The number of hydrogen-bond acceptors (Lipinski definition) is 5. The molecule has 156 valence electrons. The maximum Gasteiger partial charge on any atom is 0.289 e. The fourth-order valence-corrected chi connectivity index (χ4v) is 5.33. The first-order chi connectivity index (χ1) is 14.3. The van der Waals surface area contributed by atoms with Crippen LogP contribution in [0.15, 0.2) is 59.5 Å². The van der Waals surface area contributed by atoms with E-state index in [9.17, 15) is 23.3 Å². The van der Waals surface area contributed by atoms with Crippen molar-refractivity contribution in [3.05, 3.63) is 70.4 Å². The lowest BCUT2D eigenvalue weighted by Gasteiger charge is -2.34. The molecule has 4 rings (SSSR count). The molecule has 1 amide bonds. The summed E-state index contributed by atoms with van der Waals surface area (Å²) >= 11 is 0. The van der Waals surface area contributed by atoms with Gasteiger partial charge in [0.2, 0.25) is 10.0 Å². The summed E-state index contributed by atoms with van der Waals surface area (Å²) < 4.78 is 28.9. The van der Waals surface area contributed by atoms with Crippen LogP contribution >= 0.6 is 0 Å². The van der Waals surface area contributed by atoms with Crippen LogP contribution in [0.4, 0.5) is 5.69 Å². The van der Waals surface area contributed by atoms with E-state index in [2.05, 4.69) is 0 Å². The second kappa shape index (κ2) is 7.54. The number of nitrogens with zero attached hydrogens (tertiary/aromatic N) is 4. The molecule has 9 nitrogen and oxygen atoms in total. The molecule has 1 saturated heterocycles. The SMILES string of the molecule is Cn1c(C(=O)N2CCN(S(=O)(=O)c3ccccc3[N+](=O)[O-])CC2)cc2ccccc21. The third-order valence-electron chi connectivity index (χ3n) is 5.38. The van der Waals surface area contributed by atoms with Gasteiger partial charge in [-0.15, -0.1) is 0 Å². The highest BCUT2D eigenvalue weighted by Crippen LogP contribution is 2.27. The Balaban J connectivity index is 1.53. The number of aromatic nitrogens is 1. The zero-order chi connectivity index (χ0) is 21.5. The number of aryl methyl sites for hydroxylation is 1. The van der Waals surface area contributed by atoms with Gasteiger partial charge in [0.25, 0.3) is 11.6 Å². The molecule has 0 N–H and O–H groups in total. The fraction of sp³-hybridized carbons (Fsp3) is 0.250. The van der Waals surface area contributed by atoms with Gasteiger partial charge in [0, 0.05) is 50.2 Å². The lowest BCUT2D eigenvalue weighted by molar-refractivity contribution is -0.387. The summed E-state index contributed by atoms with van der Waals surface area (Å²) in [5, 5.41) is 12.2. The molecule has 0 unspecified atom stereocenters. The van der Waals surface area contributed by atoms with Gasteiger partial charge in [0.1, 0.15) is 5.69 Å². The van der Waals surface area contributed by atoms with Crippen molar-refractivity contribution in [2.45, 2.75) is 4.90 Å². The molecule has 0 saturated carbocycles. The summed E-state index contributed by atoms with van der Waals surface area (Å²) in [4.78, 5) is 24.8. The number of fused-ring (bicyclic) bond motifs is 1. The summed E-state index contributed by atoms with van der Waals surface area (Å²) in [7, 11) is -2.21. The zero-order valence-electron chi connectivity index (χ0n) is 16.3. The molecule has 10 heteroatoms. The van der Waals surface area contributed by atoms with Gasteiger partial charge in [-0.05, 0) is 18.2 Å². The average Bonchev–Trinajstić information content (AvgIpc) is 3.10. The molecular formula is C20H20N4O5S. The number of carbonyl (C=O) groups is 1. The summed E-state index contributed by atoms with van der Waals surface area (Å²) in [5.41, 5.74) is 1.02. The summed E-state index contributed by atoms with van der Waals surface area (Å²) in [6.07, 6.45) is 0. The van der Waals surface area contributed by atoms with E-state index in [0.717, 1.165) is 10.9 Å². The van der Waals surface area contributed by atoms with Crippen LogP contribution in [0.2, 0.25) is 0 Å². The highest BCUT2D eigenvalue weighted by molar-refractivity contribution is 7.89. The first-order valence-corrected chi connectivity index (χ1v) is 10.8. The van der Waals surface area contributed by atoms with Crippen LogP contribution in [0.1, 0.15) is 10.5 Å². The Labute approximate surface area is 173 Å². The van der Waals surface area contributed by atoms with Crippen molar-refractivity contribution in [1.29, 1.82) is 0 Å². The van der Waals surface area contributed by atoms with Crippen molar-refractivity contribution in [2.75, 3.05) is 26.2 Å². The van der Waals surface area contributed by atoms with Gasteiger partial charge in [-0.1, -0.05) is 30.3 Å². The monoisotopic (exact) mass is 428 g/mol. The molecular weight excluding hydrogens is 408 g/mol. The number of rotatable bonds is 4. The summed E-state index contributed by atoms with van der Waals surface area (Å²) in [6, 6.07) is 14.8. The van der Waals surface area contributed by atoms with E-state index in [1.165, 1.54) is 28.6 Å². The maximum absolute atomic E-state index is 13.0. The number of nitro groups is 1. The van der Waals surface area contributed by atoms with Crippen molar-refractivity contribution in [3.8, 4) is 0 Å². The van der Waals surface area contributed by atoms with Crippen molar-refractivity contribution in [1.82, 2.24) is 13.8 Å². The number of sulfonamides is 1. The molecule has 0 radical (unpaired) electrons. The molecule has 0 aliphatic carbocycles. The van der Waals surface area contributed by atoms with Crippen molar-refractivity contribution >= 4 is 32.5 Å². The third kappa shape index (κ3) is 3.33. The predicted molar refractivity (Wildman–Crippen MR) is 111 cm³/mol. The van der Waals surface area contributed by atoms with E-state index in [4.69, 9.17) is 0 Å². The molecule has 1 aromatic heterocycles. The quantitative estimate of drug-likeness (QED) is 0.468. The summed E-state index contributed by atoms with van der Waals surface area (Å²) in [6.45, 7) is 0.564. The fourth-order valence-electron chi connectivity index (χ4n) is 3.75. The number of carbonyl (C=O) groups excluding carboxylic acids is 1. The molecule has 0 bridgehead atoms. The number of benzene rings is 2. The van der Waals surface area contributed by atoms with Gasteiger partial charge in [-0.2, -0.15) is 4.31 Å². The molecule has 1 fully saturated rings. The van der Waals surface area contributed by atoms with Gasteiger partial charge in [0.05, 0.1) is 4.92 Å². The minimum Gasteiger partial charge on any atom is -0.340 e. The Morgan fingerprint density at radius 1 is 1.00 bits per heavy atom. The van der Waals surface area contributed by atoms with E-state index in [-0.39, 0.29) is 37.0 Å². The van der Waals surface area contributed by atoms with Gasteiger partial charge >= 0.3 is 0 Å². The number of piperazine rings is 1. The Bertz CT molecular complexity index is 1240. The Kier molecular flexibility index (Phi) is 5.04. The Hall–Kier alpha value is -3.24. The van der Waals surface area contributed by atoms with Crippen molar-refractivity contribution in [2.24, 2.45) is 7.05 Å². The van der Waals surface area contributed by atoms with Gasteiger partial charge in [-0.3, -0.25) is 14.9 Å². The highest BCUT2D eigenvalue weighted by atomic mass is 32.2. The number of nitro benzene ring substituents is 1. The zero-order valence-corrected chi connectivity index (χ0v) is 17.1. The van der Waals surface area contributed by atoms with E-state index < -0.39 is 20.6 Å². The van der Waals surface area contributed by atoms with Crippen LogP contribution in [0.25, 0.3) is 10.9 Å². The molecule has 1 aliphatic rings. The minimum atomic E-state index is -4.03. The molecule has 0 atom stereocenters. The van der Waals surface area contributed by atoms with E-state index >= 15 is 0 Å². The first-order valence-electron chi connectivity index (χ1n) is 9.38. The predicted octanol–water partition coefficient (Wildman–Crippen LogP) is 2.23. The maximum atomic E-state index is 13.0. The van der Waals surface area contributed by atoms with Crippen LogP contribution in [0, 0.1) is 10.1 Å². The second-order valence-corrected chi connectivity index (χ2v) is 8.97. The molecule has 2 heterocycles. The van der Waals surface area contributed by atoms with Crippen LogP contribution in [-0.2, 0) is 17.1 Å². The smallest absolute Gasteiger partial charge is 0.289 e. The first kappa shape index (κ1) is 20.0. The van der Waals surface area contributed by atoms with Crippen LogP contribution in [0.5, 0.6) is 0 Å². The highest BCUT2D eigenvalue weighted by Gasteiger charge is 2.35. The Morgan fingerprint density at radius 3 is 2.30 bits per heavy atom. The van der Waals surface area contributed by atoms with E-state index in [1.807, 2.05) is 41.9 Å². The van der Waals surface area contributed by atoms with Crippen LogP contribution < -0.4 is 0 Å². The molecule has 3 aromatic rings. The standard InChI is InChI=1S/C20H20N4O5S/c1-21-16-7-3-2-6-15(16)14-18(21)20(25)22-10-12-23(13-11-22)30(28,29)19-9-5-4-8-17(19)24(26)27/h2-9,14H,10-13H2,1H3. The van der Waals surface area contributed by atoms with Crippen LogP contribution in [-0.4, -0.2) is 59.2 Å². The van der Waals surface area contributed by atoms with Gasteiger partial charge < -0.3 is 9.47 Å². The normalized spacial score (nSPS) is 15.4. The van der Waals surface area contributed by atoms with E-state index in [0.29, 0.717) is 5.69 Å². The number of para-hydroxylation sites is 2. The average molecular weight is 428 g/mol. The lowest BCUT2D eigenvalue weighted by atomic mass is 10.2. The second-order valence-electron chi connectivity index (χ2n) is 7.07.